The number of aliphatic imine (C=N–C) groups is 1. The van der Waals surface area contributed by atoms with Crippen LogP contribution in [-0.2, 0) is 4.79 Å². The van der Waals surface area contributed by atoms with Crippen LogP contribution in [0, 0.1) is 0 Å². The molecular formula is C23H19ClN2O. The van der Waals surface area contributed by atoms with Gasteiger partial charge in [0, 0.05) is 18.4 Å². The van der Waals surface area contributed by atoms with Crippen LogP contribution in [0.25, 0.3) is 0 Å². The van der Waals surface area contributed by atoms with Gasteiger partial charge in [-0.2, -0.15) is 0 Å². The van der Waals surface area contributed by atoms with Crippen LogP contribution < -0.4 is 4.90 Å². The molecule has 0 aromatic heterocycles. The normalized spacial score (nSPS) is 16.3. The molecule has 1 aliphatic heterocycles. The van der Waals surface area contributed by atoms with Gasteiger partial charge in [0.15, 0.2) is 0 Å². The second kappa shape index (κ2) is 7.37. The van der Waals surface area contributed by atoms with E-state index in [0.717, 1.165) is 28.2 Å². The van der Waals surface area contributed by atoms with Crippen molar-refractivity contribution in [1.29, 1.82) is 0 Å². The van der Waals surface area contributed by atoms with Crippen LogP contribution in [0.4, 0.5) is 11.4 Å². The molecular weight excluding hydrogens is 356 g/mol. The lowest BCUT2D eigenvalue weighted by molar-refractivity contribution is -0.117. The summed E-state index contributed by atoms with van der Waals surface area (Å²) in [6, 6.07) is 25.5. The Kier molecular flexibility index (Phi) is 4.78. The molecule has 0 radical (unpaired) electrons. The molecule has 1 amide bonds. The molecule has 1 aliphatic rings. The standard InChI is InChI=1S/C23H19ClN2O/c1-16(27)26-22-10-6-5-9-20(22)25-21(17-7-3-2-4-8-17)15-23(26)18-11-13-19(24)14-12-18/h2-14,23H,15H2,1H3. The number of halogens is 1. The lowest BCUT2D eigenvalue weighted by Crippen LogP contribution is -2.33. The van der Waals surface area contributed by atoms with Gasteiger partial charge in [-0.1, -0.05) is 66.2 Å². The number of hydrogen-bond donors (Lipinski definition) is 0. The zero-order valence-corrected chi connectivity index (χ0v) is 15.7. The van der Waals surface area contributed by atoms with Crippen molar-refractivity contribution in [2.24, 2.45) is 4.99 Å². The fourth-order valence-corrected chi connectivity index (χ4v) is 3.68. The number of carbonyl (C=O) groups excluding carboxylic acids is 1. The number of fused-ring (bicyclic) bond motifs is 1. The molecule has 3 aromatic carbocycles. The predicted octanol–water partition coefficient (Wildman–Crippen LogP) is 5.96. The first-order chi connectivity index (χ1) is 13.1. The first kappa shape index (κ1) is 17.5. The van der Waals surface area contributed by atoms with Crippen molar-refractivity contribution in [2.75, 3.05) is 4.90 Å². The van der Waals surface area contributed by atoms with Gasteiger partial charge in [0.1, 0.15) is 0 Å². The number of anilines is 1. The van der Waals surface area contributed by atoms with Crippen molar-refractivity contribution in [2.45, 2.75) is 19.4 Å². The van der Waals surface area contributed by atoms with Crippen molar-refractivity contribution in [3.63, 3.8) is 0 Å². The van der Waals surface area contributed by atoms with Crippen LogP contribution in [-0.4, -0.2) is 11.6 Å². The maximum atomic E-state index is 12.7. The molecule has 1 unspecified atom stereocenters. The number of hydrogen-bond acceptors (Lipinski definition) is 2. The molecule has 0 aliphatic carbocycles. The first-order valence-electron chi connectivity index (χ1n) is 8.91. The minimum Gasteiger partial charge on any atom is -0.303 e. The summed E-state index contributed by atoms with van der Waals surface area (Å²) in [4.78, 5) is 19.4. The van der Waals surface area contributed by atoms with Gasteiger partial charge < -0.3 is 4.90 Å². The second-order valence-corrected chi connectivity index (χ2v) is 7.01. The highest BCUT2D eigenvalue weighted by molar-refractivity contribution is 6.30. The van der Waals surface area contributed by atoms with Crippen LogP contribution in [0.3, 0.4) is 0 Å². The highest BCUT2D eigenvalue weighted by atomic mass is 35.5. The molecule has 27 heavy (non-hydrogen) atoms. The van der Waals surface area contributed by atoms with E-state index in [9.17, 15) is 4.79 Å². The molecule has 0 N–H and O–H groups in total. The molecule has 0 bridgehead atoms. The van der Waals surface area contributed by atoms with Gasteiger partial charge in [-0.05, 0) is 35.4 Å². The van der Waals surface area contributed by atoms with Crippen molar-refractivity contribution in [1.82, 2.24) is 0 Å². The highest BCUT2D eigenvalue weighted by Crippen LogP contribution is 2.40. The van der Waals surface area contributed by atoms with E-state index in [2.05, 4.69) is 12.1 Å². The minimum atomic E-state index is -0.151. The molecule has 4 heteroatoms. The van der Waals surface area contributed by atoms with Crippen LogP contribution in [0.15, 0.2) is 83.9 Å². The summed E-state index contributed by atoms with van der Waals surface area (Å²) in [7, 11) is 0. The van der Waals surface area contributed by atoms with Crippen molar-refractivity contribution >= 4 is 34.6 Å². The second-order valence-electron chi connectivity index (χ2n) is 6.57. The highest BCUT2D eigenvalue weighted by Gasteiger charge is 2.30. The first-order valence-corrected chi connectivity index (χ1v) is 9.28. The van der Waals surface area contributed by atoms with E-state index < -0.39 is 0 Å². The summed E-state index contributed by atoms with van der Waals surface area (Å²) in [6.07, 6.45) is 0.625. The Hall–Kier alpha value is -2.91. The van der Waals surface area contributed by atoms with Gasteiger partial charge in [-0.3, -0.25) is 9.79 Å². The number of carbonyl (C=O) groups is 1. The summed E-state index contributed by atoms with van der Waals surface area (Å²) >= 11 is 6.08. The predicted molar refractivity (Wildman–Crippen MR) is 111 cm³/mol. The summed E-state index contributed by atoms with van der Waals surface area (Å²) in [5.74, 6) is -0.00749. The Bertz CT molecular complexity index is 996. The monoisotopic (exact) mass is 374 g/mol. The van der Waals surface area contributed by atoms with E-state index in [0.29, 0.717) is 11.4 Å². The molecule has 1 atom stereocenters. The summed E-state index contributed by atoms with van der Waals surface area (Å²) in [5, 5.41) is 0.680. The third kappa shape index (κ3) is 3.51. The van der Waals surface area contributed by atoms with Gasteiger partial charge in [-0.25, -0.2) is 0 Å². The lowest BCUT2D eigenvalue weighted by Gasteiger charge is -2.30. The molecule has 0 saturated carbocycles. The van der Waals surface area contributed by atoms with Gasteiger partial charge in [0.2, 0.25) is 5.91 Å². The fraction of sp³-hybridized carbons (Fsp3) is 0.130. The number of nitrogens with zero attached hydrogens (tertiary/aromatic N) is 2. The minimum absolute atomic E-state index is 0.00749. The average molecular weight is 375 g/mol. The maximum absolute atomic E-state index is 12.7. The average Bonchev–Trinajstić information content (AvgIpc) is 2.86. The third-order valence-corrected chi connectivity index (χ3v) is 5.05. The largest absolute Gasteiger partial charge is 0.303 e. The van der Waals surface area contributed by atoms with Crippen molar-refractivity contribution < 1.29 is 4.79 Å². The van der Waals surface area contributed by atoms with E-state index >= 15 is 0 Å². The van der Waals surface area contributed by atoms with Crippen LogP contribution in [0.2, 0.25) is 5.02 Å². The lowest BCUT2D eigenvalue weighted by atomic mass is 9.96. The fourth-order valence-electron chi connectivity index (χ4n) is 3.55. The smallest absolute Gasteiger partial charge is 0.224 e. The molecule has 134 valence electrons. The quantitative estimate of drug-likeness (QED) is 0.544. The van der Waals surface area contributed by atoms with E-state index in [1.807, 2.05) is 71.6 Å². The van der Waals surface area contributed by atoms with E-state index in [4.69, 9.17) is 16.6 Å². The van der Waals surface area contributed by atoms with Crippen LogP contribution in [0.1, 0.15) is 30.5 Å². The molecule has 4 rings (SSSR count). The van der Waals surface area contributed by atoms with Crippen molar-refractivity contribution in [3.8, 4) is 0 Å². The number of benzene rings is 3. The zero-order chi connectivity index (χ0) is 18.8. The van der Waals surface area contributed by atoms with Crippen molar-refractivity contribution in [3.05, 3.63) is 95.0 Å². The Balaban J connectivity index is 1.90. The number of amides is 1. The molecule has 0 fully saturated rings. The Morgan fingerprint density at radius 1 is 0.963 bits per heavy atom. The maximum Gasteiger partial charge on any atom is 0.224 e. The molecule has 0 saturated heterocycles. The topological polar surface area (TPSA) is 32.7 Å². The van der Waals surface area contributed by atoms with Gasteiger partial charge in [0.25, 0.3) is 0 Å². The van der Waals surface area contributed by atoms with E-state index in [1.54, 1.807) is 6.92 Å². The van der Waals surface area contributed by atoms with Crippen LogP contribution >= 0.6 is 11.6 Å². The summed E-state index contributed by atoms with van der Waals surface area (Å²) in [6.45, 7) is 1.60. The van der Waals surface area contributed by atoms with Gasteiger partial charge >= 0.3 is 0 Å². The Morgan fingerprint density at radius 3 is 2.33 bits per heavy atom. The van der Waals surface area contributed by atoms with E-state index in [1.165, 1.54) is 0 Å². The van der Waals surface area contributed by atoms with Gasteiger partial charge in [-0.15, -0.1) is 0 Å². The Labute approximate surface area is 163 Å². The SMILES string of the molecule is CC(=O)N1c2ccccc2N=C(c2ccccc2)CC1c1ccc(Cl)cc1. The molecule has 1 heterocycles. The van der Waals surface area contributed by atoms with Crippen LogP contribution in [0.5, 0.6) is 0 Å². The third-order valence-electron chi connectivity index (χ3n) is 4.80. The number of rotatable bonds is 2. The molecule has 3 nitrogen and oxygen atoms in total. The number of para-hydroxylation sites is 2. The molecule has 0 spiro atoms. The zero-order valence-electron chi connectivity index (χ0n) is 15.0. The van der Waals surface area contributed by atoms with Gasteiger partial charge in [0.05, 0.1) is 23.1 Å². The Morgan fingerprint density at radius 2 is 1.63 bits per heavy atom. The van der Waals surface area contributed by atoms with E-state index in [-0.39, 0.29) is 11.9 Å². The summed E-state index contributed by atoms with van der Waals surface area (Å²) in [5.41, 5.74) is 4.71. The molecule has 3 aromatic rings. The summed E-state index contributed by atoms with van der Waals surface area (Å²) < 4.78 is 0.